The Labute approximate surface area is 194 Å². The van der Waals surface area contributed by atoms with E-state index in [9.17, 15) is 9.59 Å². The lowest BCUT2D eigenvalue weighted by molar-refractivity contribution is -0.120. The van der Waals surface area contributed by atoms with Crippen molar-refractivity contribution in [1.82, 2.24) is 5.32 Å². The van der Waals surface area contributed by atoms with E-state index < -0.39 is 5.41 Å². The average Bonchev–Trinajstić information content (AvgIpc) is 3.54. The number of carbonyl (C=O) groups is 2. The highest BCUT2D eigenvalue weighted by Crippen LogP contribution is 2.51. The van der Waals surface area contributed by atoms with Gasteiger partial charge in [-0.2, -0.15) is 0 Å². The molecule has 170 valence electrons. The summed E-state index contributed by atoms with van der Waals surface area (Å²) in [6.45, 7) is 0.218. The molecule has 1 amide bonds. The highest BCUT2D eigenvalue weighted by molar-refractivity contribution is 5.96. The molecule has 6 heteroatoms. The molecular weight excluding hydrogens is 418 g/mol. The van der Waals surface area contributed by atoms with E-state index in [1.54, 1.807) is 20.2 Å². The molecule has 0 unspecified atom stereocenters. The van der Waals surface area contributed by atoms with Gasteiger partial charge in [-0.25, -0.2) is 0 Å². The van der Waals surface area contributed by atoms with Crippen LogP contribution in [0, 0.1) is 0 Å². The van der Waals surface area contributed by atoms with Gasteiger partial charge in [0.25, 0.3) is 5.91 Å². The second-order valence-electron chi connectivity index (χ2n) is 8.44. The van der Waals surface area contributed by atoms with Gasteiger partial charge in [0, 0.05) is 26.0 Å². The van der Waals surface area contributed by atoms with Crippen LogP contribution in [0.5, 0.6) is 17.2 Å². The van der Waals surface area contributed by atoms with Gasteiger partial charge in [-0.3, -0.25) is 9.59 Å². The maximum absolute atomic E-state index is 13.4. The van der Waals surface area contributed by atoms with Gasteiger partial charge in [0.2, 0.25) is 6.79 Å². The molecule has 1 saturated carbocycles. The van der Waals surface area contributed by atoms with E-state index in [4.69, 9.17) is 14.2 Å². The number of carbonyl (C=O) groups excluding carboxylic acids is 2. The van der Waals surface area contributed by atoms with Crippen molar-refractivity contribution < 1.29 is 25.2 Å². The van der Waals surface area contributed by atoms with E-state index in [1.807, 2.05) is 54.6 Å². The van der Waals surface area contributed by atoms with Crippen molar-refractivity contribution in [2.24, 2.45) is 0 Å². The minimum absolute atomic E-state index is 0. The fourth-order valence-electron chi connectivity index (χ4n) is 4.47. The molecule has 0 spiro atoms. The smallest absolute Gasteiger partial charge is 0.251 e. The van der Waals surface area contributed by atoms with Crippen molar-refractivity contribution in [3.8, 4) is 28.4 Å². The summed E-state index contributed by atoms with van der Waals surface area (Å²) in [4.78, 5) is 25.5. The molecule has 0 aromatic heterocycles. The zero-order chi connectivity index (χ0) is 23.0. The number of hydrogen-bond donors (Lipinski definition) is 1. The zero-order valence-corrected chi connectivity index (χ0v) is 18.6. The third kappa shape index (κ3) is 3.82. The van der Waals surface area contributed by atoms with E-state index in [0.717, 1.165) is 40.8 Å². The summed E-state index contributed by atoms with van der Waals surface area (Å²) in [7, 11) is 3.22. The molecular formula is C27H27NO5. The van der Waals surface area contributed by atoms with Crippen LogP contribution in [0.3, 0.4) is 0 Å². The summed E-state index contributed by atoms with van der Waals surface area (Å²) in [6, 6.07) is 19.0. The van der Waals surface area contributed by atoms with Gasteiger partial charge in [-0.05, 0) is 65.9 Å². The molecule has 5 rings (SSSR count). The van der Waals surface area contributed by atoms with E-state index >= 15 is 0 Å². The van der Waals surface area contributed by atoms with Crippen molar-refractivity contribution in [2.75, 3.05) is 21.0 Å². The molecule has 1 fully saturated rings. The summed E-state index contributed by atoms with van der Waals surface area (Å²) in [5.74, 6) is 2.16. The number of rotatable bonds is 7. The topological polar surface area (TPSA) is 73.9 Å². The molecule has 0 saturated heterocycles. The van der Waals surface area contributed by atoms with Crippen molar-refractivity contribution in [2.45, 2.75) is 24.7 Å². The van der Waals surface area contributed by atoms with Gasteiger partial charge in [-0.1, -0.05) is 24.3 Å². The van der Waals surface area contributed by atoms with Crippen LogP contribution < -0.4 is 19.5 Å². The first-order valence-corrected chi connectivity index (χ1v) is 11.0. The Morgan fingerprint density at radius 3 is 2.61 bits per heavy atom. The van der Waals surface area contributed by atoms with Gasteiger partial charge in [0.05, 0.1) is 12.5 Å². The summed E-state index contributed by atoms with van der Waals surface area (Å²) in [6.07, 6.45) is 1.99. The second-order valence-corrected chi connectivity index (χ2v) is 8.44. The van der Waals surface area contributed by atoms with E-state index in [1.165, 1.54) is 0 Å². The van der Waals surface area contributed by atoms with Gasteiger partial charge < -0.3 is 19.5 Å². The van der Waals surface area contributed by atoms with Crippen LogP contribution >= 0.6 is 0 Å². The first-order chi connectivity index (χ1) is 16.0. The fourth-order valence-corrected chi connectivity index (χ4v) is 4.47. The molecule has 2 aliphatic rings. The zero-order valence-electron chi connectivity index (χ0n) is 18.6. The SMILES string of the molecule is CNC(=O)c1cccc(-c2cc(CC(=O)C3(c4ccc5c(c4)OCO5)CC3)ccc2OC)c1.[HH]. The number of fused-ring (bicyclic) bond motifs is 1. The first kappa shape index (κ1) is 21.1. The second kappa shape index (κ2) is 8.28. The Balaban J connectivity index is 0.00000274. The van der Waals surface area contributed by atoms with E-state index in [0.29, 0.717) is 23.5 Å². The van der Waals surface area contributed by atoms with Crippen molar-refractivity contribution in [3.05, 3.63) is 77.4 Å². The monoisotopic (exact) mass is 445 g/mol. The number of methoxy groups -OCH3 is 1. The van der Waals surface area contributed by atoms with Crippen LogP contribution in [0.1, 0.15) is 35.8 Å². The molecule has 3 aromatic carbocycles. The summed E-state index contributed by atoms with van der Waals surface area (Å²) >= 11 is 0. The standard InChI is InChI=1S/C27H25NO5.H2/c1-28-26(30)19-5-3-4-18(14-19)21-12-17(6-8-22(21)31-2)13-25(29)27(10-11-27)20-7-9-23-24(15-20)33-16-32-23;/h3-9,12,14-15H,10-11,13,16H2,1-2H3,(H,28,30);1H. The lowest BCUT2D eigenvalue weighted by Crippen LogP contribution is -2.22. The number of hydrogen-bond acceptors (Lipinski definition) is 5. The Morgan fingerprint density at radius 2 is 1.85 bits per heavy atom. The molecule has 6 nitrogen and oxygen atoms in total. The molecule has 0 atom stereocenters. The Bertz CT molecular complexity index is 1250. The maximum atomic E-state index is 13.4. The van der Waals surface area contributed by atoms with Crippen LogP contribution in [0.25, 0.3) is 11.1 Å². The minimum Gasteiger partial charge on any atom is -0.496 e. The largest absolute Gasteiger partial charge is 0.496 e. The lowest BCUT2D eigenvalue weighted by Gasteiger charge is -2.16. The van der Waals surface area contributed by atoms with Crippen LogP contribution in [0.4, 0.5) is 0 Å². The molecule has 33 heavy (non-hydrogen) atoms. The number of nitrogens with one attached hydrogen (secondary N) is 1. The predicted molar refractivity (Wildman–Crippen MR) is 126 cm³/mol. The molecule has 1 heterocycles. The van der Waals surface area contributed by atoms with Gasteiger partial charge >= 0.3 is 0 Å². The van der Waals surface area contributed by atoms with Crippen LogP contribution in [0.2, 0.25) is 0 Å². The Hall–Kier alpha value is -3.80. The summed E-state index contributed by atoms with van der Waals surface area (Å²) in [5, 5.41) is 2.65. The number of benzene rings is 3. The molecule has 3 aromatic rings. The quantitative estimate of drug-likeness (QED) is 0.578. The lowest BCUT2D eigenvalue weighted by atomic mass is 9.87. The van der Waals surface area contributed by atoms with Crippen molar-refractivity contribution in [1.29, 1.82) is 0 Å². The fraction of sp³-hybridized carbons (Fsp3) is 0.259. The number of ether oxygens (including phenoxy) is 3. The highest BCUT2D eigenvalue weighted by atomic mass is 16.7. The number of Topliss-reactive ketones (excluding diaryl/α,β-unsaturated/α-hetero) is 1. The maximum Gasteiger partial charge on any atom is 0.251 e. The van der Waals surface area contributed by atoms with Crippen LogP contribution in [0.15, 0.2) is 60.7 Å². The summed E-state index contributed by atoms with van der Waals surface area (Å²) < 4.78 is 16.5. The van der Waals surface area contributed by atoms with Crippen LogP contribution in [-0.4, -0.2) is 32.6 Å². The Morgan fingerprint density at radius 1 is 1.03 bits per heavy atom. The third-order valence-electron chi connectivity index (χ3n) is 6.50. The third-order valence-corrected chi connectivity index (χ3v) is 6.50. The van der Waals surface area contributed by atoms with Gasteiger partial charge in [-0.15, -0.1) is 0 Å². The minimum atomic E-state index is -0.458. The molecule has 0 radical (unpaired) electrons. The van der Waals surface area contributed by atoms with Gasteiger partial charge in [0.1, 0.15) is 11.5 Å². The molecule has 0 bridgehead atoms. The van der Waals surface area contributed by atoms with Gasteiger partial charge in [0.15, 0.2) is 11.5 Å². The normalized spacial score (nSPS) is 15.1. The predicted octanol–water partition coefficient (Wildman–Crippen LogP) is 4.54. The average molecular weight is 446 g/mol. The van der Waals surface area contributed by atoms with Crippen molar-refractivity contribution in [3.63, 3.8) is 0 Å². The summed E-state index contributed by atoms with van der Waals surface area (Å²) in [5.41, 5.74) is 3.72. The first-order valence-electron chi connectivity index (χ1n) is 11.0. The molecule has 1 aliphatic carbocycles. The van der Waals surface area contributed by atoms with E-state index in [2.05, 4.69) is 5.32 Å². The molecule has 1 aliphatic heterocycles. The number of ketones is 1. The Kier molecular flexibility index (Phi) is 5.29. The van der Waals surface area contributed by atoms with E-state index in [-0.39, 0.29) is 19.9 Å². The van der Waals surface area contributed by atoms with Crippen LogP contribution in [-0.2, 0) is 16.6 Å². The van der Waals surface area contributed by atoms with Crippen molar-refractivity contribution >= 4 is 11.7 Å². The molecule has 1 N–H and O–H groups in total. The highest BCUT2D eigenvalue weighted by Gasteiger charge is 2.50. The number of amides is 1.